The van der Waals surface area contributed by atoms with E-state index in [1.165, 1.54) is 11.1 Å². The Morgan fingerprint density at radius 3 is 2.43 bits per heavy atom. The first-order valence-corrected chi connectivity index (χ1v) is 8.36. The van der Waals surface area contributed by atoms with E-state index in [9.17, 15) is 0 Å². The van der Waals surface area contributed by atoms with Gasteiger partial charge in [-0.05, 0) is 61.0 Å². The molecule has 1 aliphatic heterocycles. The average molecular weight is 329 g/mol. The quantitative estimate of drug-likeness (QED) is 0.810. The Bertz CT molecular complexity index is 751. The number of hydrogen-bond donors (Lipinski definition) is 0. The van der Waals surface area contributed by atoms with Crippen LogP contribution in [0.2, 0.25) is 0 Å². The Labute approximate surface area is 142 Å². The van der Waals surface area contributed by atoms with Crippen LogP contribution < -0.4 is 0 Å². The number of aromatic nitrogens is 4. The topological polar surface area (TPSA) is 38.9 Å². The van der Waals surface area contributed by atoms with Crippen LogP contribution in [0, 0.1) is 4.77 Å². The lowest BCUT2D eigenvalue weighted by atomic mass is 10.00. The molecule has 0 N–H and O–H groups in total. The SMILES string of the molecule is CC(C)(C)n1nnn(CN2CC=C(c3ccccc3)CC2)c1=S. The van der Waals surface area contributed by atoms with Crippen LogP contribution >= 0.6 is 12.2 Å². The molecule has 0 atom stereocenters. The molecule has 0 saturated carbocycles. The van der Waals surface area contributed by atoms with E-state index in [1.807, 2.05) is 4.68 Å². The zero-order valence-corrected chi connectivity index (χ0v) is 14.8. The van der Waals surface area contributed by atoms with E-state index in [4.69, 9.17) is 12.2 Å². The van der Waals surface area contributed by atoms with Gasteiger partial charge >= 0.3 is 0 Å². The lowest BCUT2D eigenvalue weighted by molar-refractivity contribution is 0.224. The fourth-order valence-corrected chi connectivity index (χ4v) is 3.13. The largest absolute Gasteiger partial charge is 0.280 e. The first kappa shape index (κ1) is 16.1. The molecule has 2 aromatic rings. The van der Waals surface area contributed by atoms with Crippen molar-refractivity contribution in [1.82, 2.24) is 24.7 Å². The highest BCUT2D eigenvalue weighted by Crippen LogP contribution is 2.22. The van der Waals surface area contributed by atoms with Gasteiger partial charge in [-0.25, -0.2) is 9.36 Å². The van der Waals surface area contributed by atoms with Crippen molar-refractivity contribution in [3.8, 4) is 0 Å². The molecule has 0 saturated heterocycles. The smallest absolute Gasteiger partial charge is 0.217 e. The summed E-state index contributed by atoms with van der Waals surface area (Å²) < 4.78 is 4.29. The van der Waals surface area contributed by atoms with Gasteiger partial charge < -0.3 is 0 Å². The molecular formula is C17H23N5S. The van der Waals surface area contributed by atoms with Gasteiger partial charge in [0.1, 0.15) is 0 Å². The highest BCUT2D eigenvalue weighted by molar-refractivity contribution is 7.71. The molecule has 1 aromatic carbocycles. The Morgan fingerprint density at radius 2 is 1.87 bits per heavy atom. The minimum Gasteiger partial charge on any atom is -0.280 e. The Balaban J connectivity index is 1.69. The number of tetrazole rings is 1. The molecule has 0 spiro atoms. The maximum atomic E-state index is 5.50. The molecule has 0 unspecified atom stereocenters. The van der Waals surface area contributed by atoms with E-state index in [1.54, 1.807) is 4.68 Å². The zero-order valence-electron chi connectivity index (χ0n) is 13.9. The van der Waals surface area contributed by atoms with Crippen LogP contribution in [-0.4, -0.2) is 37.8 Å². The summed E-state index contributed by atoms with van der Waals surface area (Å²) in [6, 6.07) is 10.6. The van der Waals surface area contributed by atoms with Crippen LogP contribution in [0.4, 0.5) is 0 Å². The summed E-state index contributed by atoms with van der Waals surface area (Å²) in [6.45, 7) is 8.85. The predicted molar refractivity (Wildman–Crippen MR) is 94.5 cm³/mol. The molecule has 23 heavy (non-hydrogen) atoms. The molecule has 2 heterocycles. The second-order valence-corrected chi connectivity index (χ2v) is 7.27. The lowest BCUT2D eigenvalue weighted by Crippen LogP contribution is -2.31. The van der Waals surface area contributed by atoms with Gasteiger partial charge in [0, 0.05) is 13.1 Å². The number of hydrogen-bond acceptors (Lipinski definition) is 4. The lowest BCUT2D eigenvalue weighted by Gasteiger charge is -2.26. The molecule has 0 fully saturated rings. The summed E-state index contributed by atoms with van der Waals surface area (Å²) in [6.07, 6.45) is 3.35. The van der Waals surface area contributed by atoms with E-state index >= 15 is 0 Å². The van der Waals surface area contributed by atoms with Crippen molar-refractivity contribution in [2.45, 2.75) is 39.4 Å². The molecule has 3 rings (SSSR count). The van der Waals surface area contributed by atoms with Crippen molar-refractivity contribution in [2.75, 3.05) is 13.1 Å². The minimum atomic E-state index is -0.141. The summed E-state index contributed by atoms with van der Waals surface area (Å²) >= 11 is 5.50. The third-order valence-corrected chi connectivity index (χ3v) is 4.43. The molecule has 1 aromatic heterocycles. The fraction of sp³-hybridized carbons (Fsp3) is 0.471. The maximum Gasteiger partial charge on any atom is 0.217 e. The van der Waals surface area contributed by atoms with Crippen LogP contribution in [0.3, 0.4) is 0 Å². The number of rotatable bonds is 3. The summed E-state index contributed by atoms with van der Waals surface area (Å²) in [7, 11) is 0. The first-order chi connectivity index (χ1) is 10.9. The van der Waals surface area contributed by atoms with Crippen LogP contribution in [0.25, 0.3) is 5.57 Å². The van der Waals surface area contributed by atoms with Gasteiger partial charge in [0.05, 0.1) is 12.2 Å². The van der Waals surface area contributed by atoms with Crippen LogP contribution in [0.1, 0.15) is 32.8 Å². The molecule has 0 amide bonds. The standard InChI is InChI=1S/C17H23N5S/c1-17(2,3)22-16(23)21(18-19-22)13-20-11-9-15(10-12-20)14-7-5-4-6-8-14/h4-9H,10-13H2,1-3H3. The van der Waals surface area contributed by atoms with Crippen LogP contribution in [-0.2, 0) is 12.2 Å². The van der Waals surface area contributed by atoms with Crippen molar-refractivity contribution in [3.63, 3.8) is 0 Å². The molecule has 5 nitrogen and oxygen atoms in total. The highest BCUT2D eigenvalue weighted by atomic mass is 32.1. The van der Waals surface area contributed by atoms with Gasteiger partial charge in [-0.1, -0.05) is 36.4 Å². The van der Waals surface area contributed by atoms with Gasteiger partial charge in [0.2, 0.25) is 4.77 Å². The predicted octanol–water partition coefficient (Wildman–Crippen LogP) is 3.31. The van der Waals surface area contributed by atoms with Crippen molar-refractivity contribution in [3.05, 3.63) is 46.7 Å². The van der Waals surface area contributed by atoms with Gasteiger partial charge in [-0.15, -0.1) is 0 Å². The average Bonchev–Trinajstić information content (AvgIpc) is 2.90. The maximum absolute atomic E-state index is 5.50. The molecule has 0 radical (unpaired) electrons. The monoisotopic (exact) mass is 329 g/mol. The Morgan fingerprint density at radius 1 is 1.13 bits per heavy atom. The van der Waals surface area contributed by atoms with Gasteiger partial charge in [0.25, 0.3) is 0 Å². The van der Waals surface area contributed by atoms with E-state index in [0.717, 1.165) is 19.5 Å². The van der Waals surface area contributed by atoms with Crippen LogP contribution in [0.5, 0.6) is 0 Å². The van der Waals surface area contributed by atoms with Crippen molar-refractivity contribution >= 4 is 17.8 Å². The summed E-state index contributed by atoms with van der Waals surface area (Å²) in [5.74, 6) is 0. The second-order valence-electron chi connectivity index (χ2n) is 6.91. The molecule has 1 aliphatic rings. The summed E-state index contributed by atoms with van der Waals surface area (Å²) in [5, 5.41) is 8.41. The van der Waals surface area contributed by atoms with Crippen molar-refractivity contribution in [2.24, 2.45) is 0 Å². The van der Waals surface area contributed by atoms with Crippen LogP contribution in [0.15, 0.2) is 36.4 Å². The fourth-order valence-electron chi connectivity index (χ4n) is 2.73. The summed E-state index contributed by atoms with van der Waals surface area (Å²) in [4.78, 5) is 2.34. The Kier molecular flexibility index (Phi) is 4.46. The van der Waals surface area contributed by atoms with Gasteiger partial charge in [-0.3, -0.25) is 4.90 Å². The number of benzene rings is 1. The van der Waals surface area contributed by atoms with E-state index < -0.39 is 0 Å². The van der Waals surface area contributed by atoms with E-state index in [2.05, 4.69) is 72.5 Å². The third kappa shape index (κ3) is 3.59. The zero-order chi connectivity index (χ0) is 16.4. The third-order valence-electron chi connectivity index (χ3n) is 4.05. The highest BCUT2D eigenvalue weighted by Gasteiger charge is 2.19. The number of nitrogens with zero attached hydrogens (tertiary/aromatic N) is 5. The van der Waals surface area contributed by atoms with E-state index in [-0.39, 0.29) is 5.54 Å². The second kappa shape index (κ2) is 6.37. The van der Waals surface area contributed by atoms with Crippen molar-refractivity contribution in [1.29, 1.82) is 0 Å². The molecule has 0 aliphatic carbocycles. The van der Waals surface area contributed by atoms with Gasteiger partial charge in [0.15, 0.2) is 0 Å². The van der Waals surface area contributed by atoms with Gasteiger partial charge in [-0.2, -0.15) is 0 Å². The molecule has 6 heteroatoms. The molecular weight excluding hydrogens is 306 g/mol. The first-order valence-electron chi connectivity index (χ1n) is 7.95. The Hall–Kier alpha value is -1.79. The summed E-state index contributed by atoms with van der Waals surface area (Å²) in [5.41, 5.74) is 2.60. The molecule has 122 valence electrons. The van der Waals surface area contributed by atoms with E-state index in [0.29, 0.717) is 11.4 Å². The minimum absolute atomic E-state index is 0.141. The van der Waals surface area contributed by atoms with Crippen molar-refractivity contribution < 1.29 is 0 Å². The normalized spacial score (nSPS) is 16.4. The molecule has 0 bridgehead atoms.